The molecule has 1 aromatic carbocycles. The van der Waals surface area contributed by atoms with Crippen LogP contribution < -0.4 is 10.1 Å². The number of nitrogens with zero attached hydrogens (tertiary/aromatic N) is 1. The highest BCUT2D eigenvalue weighted by Gasteiger charge is 2.16. The van der Waals surface area contributed by atoms with Gasteiger partial charge in [-0.25, -0.2) is 0 Å². The van der Waals surface area contributed by atoms with E-state index in [-0.39, 0.29) is 0 Å². The Labute approximate surface area is 94.8 Å². The Bertz CT molecular complexity index is 408. The summed E-state index contributed by atoms with van der Waals surface area (Å²) >= 11 is 0. The molecule has 2 rings (SSSR count). The number of hydrogen-bond acceptors (Lipinski definition) is 4. The minimum absolute atomic E-state index is 0.313. The Morgan fingerprint density at radius 3 is 2.88 bits per heavy atom. The third kappa shape index (κ3) is 2.32. The summed E-state index contributed by atoms with van der Waals surface area (Å²) in [6.07, 6.45) is 0.313. The van der Waals surface area contributed by atoms with Gasteiger partial charge in [-0.1, -0.05) is 6.07 Å². The first kappa shape index (κ1) is 10.9. The molecule has 0 amide bonds. The molecule has 1 N–H and O–H groups in total. The SMILES string of the molecule is COc1ccc(COC2CNC2)cc1C#N. The molecule has 0 atom stereocenters. The lowest BCUT2D eigenvalue weighted by molar-refractivity contribution is 0.00756. The van der Waals surface area contributed by atoms with Gasteiger partial charge in [0.15, 0.2) is 0 Å². The predicted octanol–water partition coefficient (Wildman–Crippen LogP) is 1.06. The fourth-order valence-electron chi connectivity index (χ4n) is 1.53. The lowest BCUT2D eigenvalue weighted by atomic mass is 10.1. The maximum atomic E-state index is 8.93. The van der Waals surface area contributed by atoms with E-state index in [1.54, 1.807) is 13.2 Å². The van der Waals surface area contributed by atoms with Gasteiger partial charge in [0.1, 0.15) is 11.8 Å². The van der Waals surface area contributed by atoms with E-state index in [1.807, 2.05) is 12.1 Å². The first-order valence-electron chi connectivity index (χ1n) is 5.23. The first-order valence-corrected chi connectivity index (χ1v) is 5.23. The van der Waals surface area contributed by atoms with Crippen LogP contribution in [0.1, 0.15) is 11.1 Å². The largest absolute Gasteiger partial charge is 0.495 e. The number of nitrogens with one attached hydrogen (secondary N) is 1. The van der Waals surface area contributed by atoms with Crippen LogP contribution in [0.4, 0.5) is 0 Å². The van der Waals surface area contributed by atoms with Crippen molar-refractivity contribution in [3.8, 4) is 11.8 Å². The third-order valence-corrected chi connectivity index (χ3v) is 2.61. The second-order valence-corrected chi connectivity index (χ2v) is 3.74. The van der Waals surface area contributed by atoms with Crippen LogP contribution in [0, 0.1) is 11.3 Å². The molecule has 1 heterocycles. The molecular weight excluding hydrogens is 204 g/mol. The van der Waals surface area contributed by atoms with Crippen molar-refractivity contribution in [3.05, 3.63) is 29.3 Å². The van der Waals surface area contributed by atoms with Gasteiger partial charge in [-0.2, -0.15) is 5.26 Å². The summed E-state index contributed by atoms with van der Waals surface area (Å²) in [7, 11) is 1.56. The van der Waals surface area contributed by atoms with Crippen LogP contribution in [0.3, 0.4) is 0 Å². The molecule has 0 radical (unpaired) electrons. The Balaban J connectivity index is 2.01. The number of nitriles is 1. The molecular formula is C12H14N2O2. The Hall–Kier alpha value is -1.57. The summed E-state index contributed by atoms with van der Waals surface area (Å²) in [6.45, 7) is 2.38. The minimum Gasteiger partial charge on any atom is -0.495 e. The number of methoxy groups -OCH3 is 1. The predicted molar refractivity (Wildman–Crippen MR) is 59.2 cm³/mol. The van der Waals surface area contributed by atoms with Crippen LogP contribution in [0.2, 0.25) is 0 Å². The highest BCUT2D eigenvalue weighted by atomic mass is 16.5. The molecule has 1 aromatic rings. The Morgan fingerprint density at radius 1 is 1.50 bits per heavy atom. The zero-order valence-electron chi connectivity index (χ0n) is 9.19. The van der Waals surface area contributed by atoms with E-state index in [1.165, 1.54) is 0 Å². The second kappa shape index (κ2) is 4.97. The van der Waals surface area contributed by atoms with Gasteiger partial charge in [0.2, 0.25) is 0 Å². The molecule has 0 unspecified atom stereocenters. The summed E-state index contributed by atoms with van der Waals surface area (Å²) in [4.78, 5) is 0. The Morgan fingerprint density at radius 2 is 2.31 bits per heavy atom. The van der Waals surface area contributed by atoms with E-state index in [0.29, 0.717) is 24.0 Å². The minimum atomic E-state index is 0.313. The molecule has 0 bridgehead atoms. The molecule has 0 aromatic heterocycles. The van der Waals surface area contributed by atoms with E-state index < -0.39 is 0 Å². The van der Waals surface area contributed by atoms with Crippen molar-refractivity contribution in [2.24, 2.45) is 0 Å². The monoisotopic (exact) mass is 218 g/mol. The number of ether oxygens (including phenoxy) is 2. The van der Waals surface area contributed by atoms with E-state index in [0.717, 1.165) is 18.7 Å². The maximum absolute atomic E-state index is 8.93. The van der Waals surface area contributed by atoms with Crippen LogP contribution in [-0.2, 0) is 11.3 Å². The smallest absolute Gasteiger partial charge is 0.136 e. The van der Waals surface area contributed by atoms with Crippen molar-refractivity contribution in [1.29, 1.82) is 5.26 Å². The molecule has 1 aliphatic heterocycles. The fourth-order valence-corrected chi connectivity index (χ4v) is 1.53. The van der Waals surface area contributed by atoms with E-state index in [9.17, 15) is 0 Å². The van der Waals surface area contributed by atoms with E-state index in [4.69, 9.17) is 14.7 Å². The molecule has 0 spiro atoms. The highest BCUT2D eigenvalue weighted by molar-refractivity contribution is 5.45. The van der Waals surface area contributed by atoms with Crippen LogP contribution in [-0.4, -0.2) is 26.3 Å². The van der Waals surface area contributed by atoms with Gasteiger partial charge in [0, 0.05) is 13.1 Å². The summed E-state index contributed by atoms with van der Waals surface area (Å²) in [5.41, 5.74) is 1.56. The van der Waals surface area contributed by atoms with Gasteiger partial charge < -0.3 is 14.8 Å². The van der Waals surface area contributed by atoms with Crippen molar-refractivity contribution in [2.75, 3.05) is 20.2 Å². The molecule has 4 nitrogen and oxygen atoms in total. The summed E-state index contributed by atoms with van der Waals surface area (Å²) in [5.74, 6) is 0.608. The summed E-state index contributed by atoms with van der Waals surface area (Å²) < 4.78 is 10.7. The van der Waals surface area contributed by atoms with Crippen LogP contribution in [0.5, 0.6) is 5.75 Å². The summed E-state index contributed by atoms with van der Waals surface area (Å²) in [5, 5.41) is 12.1. The third-order valence-electron chi connectivity index (χ3n) is 2.61. The second-order valence-electron chi connectivity index (χ2n) is 3.74. The lowest BCUT2D eigenvalue weighted by Crippen LogP contribution is -2.48. The molecule has 4 heteroatoms. The first-order chi connectivity index (χ1) is 7.83. The number of benzene rings is 1. The topological polar surface area (TPSA) is 54.3 Å². The van der Waals surface area contributed by atoms with Gasteiger partial charge in [-0.15, -0.1) is 0 Å². The average molecular weight is 218 g/mol. The number of rotatable bonds is 4. The van der Waals surface area contributed by atoms with E-state index >= 15 is 0 Å². The van der Waals surface area contributed by atoms with Crippen molar-refractivity contribution < 1.29 is 9.47 Å². The van der Waals surface area contributed by atoms with Crippen molar-refractivity contribution in [3.63, 3.8) is 0 Å². The van der Waals surface area contributed by atoms with Gasteiger partial charge in [-0.3, -0.25) is 0 Å². The molecule has 1 fully saturated rings. The normalized spacial score (nSPS) is 15.2. The molecule has 16 heavy (non-hydrogen) atoms. The molecule has 0 saturated carbocycles. The molecule has 0 aliphatic carbocycles. The van der Waals surface area contributed by atoms with Crippen LogP contribution in [0.15, 0.2) is 18.2 Å². The zero-order chi connectivity index (χ0) is 11.4. The van der Waals surface area contributed by atoms with Crippen LogP contribution in [0.25, 0.3) is 0 Å². The van der Waals surface area contributed by atoms with Gasteiger partial charge in [0.05, 0.1) is 25.4 Å². The van der Waals surface area contributed by atoms with Crippen molar-refractivity contribution >= 4 is 0 Å². The van der Waals surface area contributed by atoms with Gasteiger partial charge in [0.25, 0.3) is 0 Å². The van der Waals surface area contributed by atoms with Crippen molar-refractivity contribution in [2.45, 2.75) is 12.7 Å². The standard InChI is InChI=1S/C12H14N2O2/c1-15-12-3-2-9(4-10(12)5-13)8-16-11-6-14-7-11/h2-4,11,14H,6-8H2,1H3. The zero-order valence-corrected chi connectivity index (χ0v) is 9.19. The molecule has 1 saturated heterocycles. The summed E-state index contributed by atoms with van der Waals surface area (Å²) in [6, 6.07) is 7.64. The van der Waals surface area contributed by atoms with Gasteiger partial charge in [-0.05, 0) is 17.7 Å². The lowest BCUT2D eigenvalue weighted by Gasteiger charge is -2.27. The van der Waals surface area contributed by atoms with Crippen molar-refractivity contribution in [1.82, 2.24) is 5.32 Å². The Kier molecular flexibility index (Phi) is 3.40. The highest BCUT2D eigenvalue weighted by Crippen LogP contribution is 2.19. The maximum Gasteiger partial charge on any atom is 0.136 e. The quantitative estimate of drug-likeness (QED) is 0.821. The molecule has 1 aliphatic rings. The number of hydrogen-bond donors (Lipinski definition) is 1. The fraction of sp³-hybridized carbons (Fsp3) is 0.417. The van der Waals surface area contributed by atoms with Crippen LogP contribution >= 0.6 is 0 Å². The van der Waals surface area contributed by atoms with E-state index in [2.05, 4.69) is 11.4 Å². The molecule has 84 valence electrons. The van der Waals surface area contributed by atoms with Gasteiger partial charge >= 0.3 is 0 Å². The average Bonchev–Trinajstić information content (AvgIpc) is 2.26.